The summed E-state index contributed by atoms with van der Waals surface area (Å²) in [5.74, 6) is 1.31. The molecule has 0 bridgehead atoms. The summed E-state index contributed by atoms with van der Waals surface area (Å²) in [5.41, 5.74) is 2.78. The standard InChI is InChI=1S/C30H37F3O/c1-3-5-7-9-24-12-20-28(21-13-24)29(31)30(32,33)34-22-25-14-18-27(19-15-25)26-16-10-23(11-17-26)8-6-4-2/h3-5,12-15,18-21,23,26,29H,2,6-11,16-17,22H2,1H3/b5-3+. The van der Waals surface area contributed by atoms with Crippen LogP contribution in [-0.4, -0.2) is 6.11 Å². The van der Waals surface area contributed by atoms with Crippen molar-refractivity contribution in [3.8, 4) is 0 Å². The highest BCUT2D eigenvalue weighted by Gasteiger charge is 2.42. The number of hydrogen-bond acceptors (Lipinski definition) is 1. The number of alkyl halides is 3. The molecule has 0 aliphatic heterocycles. The lowest BCUT2D eigenvalue weighted by Gasteiger charge is -2.28. The van der Waals surface area contributed by atoms with Crippen molar-refractivity contribution in [1.82, 2.24) is 0 Å². The lowest BCUT2D eigenvalue weighted by atomic mass is 9.77. The van der Waals surface area contributed by atoms with E-state index in [-0.39, 0.29) is 12.2 Å². The van der Waals surface area contributed by atoms with Crippen molar-refractivity contribution in [2.45, 2.75) is 83.1 Å². The zero-order valence-electron chi connectivity index (χ0n) is 20.2. The topological polar surface area (TPSA) is 9.23 Å². The Hall–Kier alpha value is -2.33. The fraction of sp³-hybridized carbons (Fsp3) is 0.467. The highest BCUT2D eigenvalue weighted by molar-refractivity contribution is 5.27. The third kappa shape index (κ3) is 7.59. The molecule has 4 heteroatoms. The van der Waals surface area contributed by atoms with Crippen molar-refractivity contribution in [2.75, 3.05) is 0 Å². The molecule has 1 nitrogen and oxygen atoms in total. The van der Waals surface area contributed by atoms with Crippen LogP contribution in [0, 0.1) is 5.92 Å². The van der Waals surface area contributed by atoms with Crippen LogP contribution in [0.5, 0.6) is 0 Å². The van der Waals surface area contributed by atoms with Gasteiger partial charge < -0.3 is 4.74 Å². The molecule has 2 aromatic rings. The van der Waals surface area contributed by atoms with E-state index >= 15 is 0 Å². The van der Waals surface area contributed by atoms with Crippen molar-refractivity contribution in [3.63, 3.8) is 0 Å². The van der Waals surface area contributed by atoms with Crippen molar-refractivity contribution >= 4 is 0 Å². The van der Waals surface area contributed by atoms with Gasteiger partial charge in [0.05, 0.1) is 6.61 Å². The molecule has 0 aromatic heterocycles. The van der Waals surface area contributed by atoms with Crippen LogP contribution in [0.1, 0.15) is 86.2 Å². The summed E-state index contributed by atoms with van der Waals surface area (Å²) in [7, 11) is 0. The molecular formula is C30H37F3O. The highest BCUT2D eigenvalue weighted by atomic mass is 19.3. The van der Waals surface area contributed by atoms with Gasteiger partial charge in [0.25, 0.3) is 0 Å². The number of hydrogen-bond donors (Lipinski definition) is 0. The molecular weight excluding hydrogens is 433 g/mol. The Bertz CT molecular complexity index is 894. The lowest BCUT2D eigenvalue weighted by molar-refractivity contribution is -0.282. The van der Waals surface area contributed by atoms with Crippen LogP contribution >= 0.6 is 0 Å². The second-order valence-electron chi connectivity index (χ2n) is 9.39. The number of halogens is 3. The second kappa shape index (κ2) is 12.9. The Morgan fingerprint density at radius 3 is 2.24 bits per heavy atom. The first kappa shape index (κ1) is 26.3. The SMILES string of the molecule is C=CCCC1CCC(c2ccc(COC(F)(F)C(F)c3ccc(CC/C=C/C)cc3)cc2)CC1. The van der Waals surface area contributed by atoms with Gasteiger partial charge in [0.1, 0.15) is 0 Å². The van der Waals surface area contributed by atoms with Crippen molar-refractivity contribution in [1.29, 1.82) is 0 Å². The van der Waals surface area contributed by atoms with E-state index in [9.17, 15) is 13.2 Å². The van der Waals surface area contributed by atoms with Crippen LogP contribution in [0.15, 0.2) is 73.3 Å². The Morgan fingerprint density at radius 2 is 1.62 bits per heavy atom. The minimum absolute atomic E-state index is 0.0705. The minimum atomic E-state index is -3.89. The molecule has 184 valence electrons. The van der Waals surface area contributed by atoms with Crippen LogP contribution in [-0.2, 0) is 17.8 Å². The number of aryl methyl sites for hydroxylation is 1. The summed E-state index contributed by atoms with van der Waals surface area (Å²) in [6.45, 7) is 5.42. The maximum absolute atomic E-state index is 14.6. The summed E-state index contributed by atoms with van der Waals surface area (Å²) in [6, 6.07) is 13.9. The molecule has 0 N–H and O–H groups in total. The average Bonchev–Trinajstić information content (AvgIpc) is 2.87. The first-order valence-corrected chi connectivity index (χ1v) is 12.5. The van der Waals surface area contributed by atoms with E-state index in [4.69, 9.17) is 4.74 Å². The highest BCUT2D eigenvalue weighted by Crippen LogP contribution is 2.39. The number of ether oxygens (including phenoxy) is 1. The number of rotatable bonds is 12. The zero-order chi connectivity index (χ0) is 24.4. The molecule has 1 atom stereocenters. The molecule has 0 amide bonds. The number of allylic oxidation sites excluding steroid dienone is 3. The fourth-order valence-corrected chi connectivity index (χ4v) is 4.74. The van der Waals surface area contributed by atoms with Crippen molar-refractivity contribution in [2.24, 2.45) is 5.92 Å². The lowest BCUT2D eigenvalue weighted by Crippen LogP contribution is -2.27. The fourth-order valence-electron chi connectivity index (χ4n) is 4.74. The van der Waals surface area contributed by atoms with E-state index in [2.05, 4.69) is 6.58 Å². The van der Waals surface area contributed by atoms with Crippen molar-refractivity contribution in [3.05, 3.63) is 95.6 Å². The van der Waals surface area contributed by atoms with Gasteiger partial charge in [-0.2, -0.15) is 8.78 Å². The third-order valence-corrected chi connectivity index (χ3v) is 6.91. The molecule has 1 unspecified atom stereocenters. The summed E-state index contributed by atoms with van der Waals surface area (Å²) >= 11 is 0. The Labute approximate surface area is 202 Å². The molecule has 0 spiro atoms. The van der Waals surface area contributed by atoms with E-state index in [0.717, 1.165) is 43.6 Å². The van der Waals surface area contributed by atoms with Gasteiger partial charge in [-0.05, 0) is 92.4 Å². The first-order valence-electron chi connectivity index (χ1n) is 12.5. The molecule has 0 heterocycles. The third-order valence-electron chi connectivity index (χ3n) is 6.91. The Kier molecular flexibility index (Phi) is 10.0. The molecule has 1 fully saturated rings. The van der Waals surface area contributed by atoms with E-state index in [1.807, 2.05) is 49.4 Å². The quantitative estimate of drug-likeness (QED) is 0.281. The smallest absolute Gasteiger partial charge is 0.313 e. The second-order valence-corrected chi connectivity index (χ2v) is 9.39. The van der Waals surface area contributed by atoms with Gasteiger partial charge in [0, 0.05) is 0 Å². The predicted octanol–water partition coefficient (Wildman–Crippen LogP) is 9.26. The molecule has 34 heavy (non-hydrogen) atoms. The summed E-state index contributed by atoms with van der Waals surface area (Å²) in [6.07, 6.45) is 8.32. The van der Waals surface area contributed by atoms with E-state index < -0.39 is 12.3 Å². The zero-order valence-corrected chi connectivity index (χ0v) is 20.2. The van der Waals surface area contributed by atoms with Gasteiger partial charge in [0.2, 0.25) is 6.17 Å². The van der Waals surface area contributed by atoms with Gasteiger partial charge in [-0.15, -0.1) is 6.58 Å². The van der Waals surface area contributed by atoms with Crippen LogP contribution < -0.4 is 0 Å². The van der Waals surface area contributed by atoms with Crippen molar-refractivity contribution < 1.29 is 17.9 Å². The summed E-state index contributed by atoms with van der Waals surface area (Å²) in [5, 5.41) is 0. The molecule has 1 aliphatic carbocycles. The number of benzene rings is 2. The minimum Gasteiger partial charge on any atom is -0.313 e. The molecule has 0 saturated heterocycles. The van der Waals surface area contributed by atoms with E-state index in [1.54, 1.807) is 12.1 Å². The van der Waals surface area contributed by atoms with Gasteiger partial charge in [0.15, 0.2) is 0 Å². The van der Waals surface area contributed by atoms with Gasteiger partial charge in [-0.25, -0.2) is 4.39 Å². The molecule has 1 saturated carbocycles. The van der Waals surface area contributed by atoms with Crippen LogP contribution in [0.3, 0.4) is 0 Å². The normalized spacial score (nSPS) is 19.9. The summed E-state index contributed by atoms with van der Waals surface area (Å²) in [4.78, 5) is 0. The maximum atomic E-state index is 14.6. The Balaban J connectivity index is 1.49. The molecule has 2 aromatic carbocycles. The monoisotopic (exact) mass is 470 g/mol. The van der Waals surface area contributed by atoms with Crippen LogP contribution in [0.2, 0.25) is 0 Å². The molecule has 3 rings (SSSR count). The van der Waals surface area contributed by atoms with Gasteiger partial charge in [-0.1, -0.05) is 66.8 Å². The van der Waals surface area contributed by atoms with Crippen LogP contribution in [0.4, 0.5) is 13.2 Å². The van der Waals surface area contributed by atoms with Gasteiger partial charge in [-0.3, -0.25) is 0 Å². The molecule has 0 radical (unpaired) electrons. The predicted molar refractivity (Wildman–Crippen MR) is 134 cm³/mol. The largest absolute Gasteiger partial charge is 0.391 e. The maximum Gasteiger partial charge on any atom is 0.391 e. The van der Waals surface area contributed by atoms with Crippen LogP contribution in [0.25, 0.3) is 0 Å². The van der Waals surface area contributed by atoms with Gasteiger partial charge >= 0.3 is 6.11 Å². The Morgan fingerprint density at radius 1 is 0.971 bits per heavy atom. The summed E-state index contributed by atoms with van der Waals surface area (Å²) < 4.78 is 48.2. The first-order chi connectivity index (χ1) is 16.4. The average molecular weight is 471 g/mol. The molecule has 1 aliphatic rings. The van der Waals surface area contributed by atoms with E-state index in [1.165, 1.54) is 37.0 Å². The van der Waals surface area contributed by atoms with E-state index in [0.29, 0.717) is 11.5 Å².